The Morgan fingerprint density at radius 1 is 1.29 bits per heavy atom. The van der Waals surface area contributed by atoms with Crippen LogP contribution in [-0.2, 0) is 19.5 Å². The number of hydrogen-bond acceptors (Lipinski definition) is 3. The third kappa shape index (κ3) is 2.98. The van der Waals surface area contributed by atoms with Crippen LogP contribution < -0.4 is 5.32 Å². The highest BCUT2D eigenvalue weighted by Crippen LogP contribution is 2.28. The number of likely N-dealkylation sites (tertiary alicyclic amines) is 1. The van der Waals surface area contributed by atoms with E-state index in [-0.39, 0.29) is 5.82 Å². The standard InChI is InChI=1S/C19H25FN4/c1-23-11-2-3-16(23)9-12-24-18-8-10-21-13-17(18)19(22-24)14-4-6-15(20)7-5-14/h4-7,16,21H,2-3,8-13H2,1H3/t16-/m1/s1. The van der Waals surface area contributed by atoms with Crippen molar-refractivity contribution in [3.05, 3.63) is 41.3 Å². The van der Waals surface area contributed by atoms with Crippen molar-refractivity contribution in [3.63, 3.8) is 0 Å². The van der Waals surface area contributed by atoms with Gasteiger partial charge in [0.15, 0.2) is 0 Å². The van der Waals surface area contributed by atoms with Crippen LogP contribution in [0.3, 0.4) is 0 Å². The maximum atomic E-state index is 13.2. The van der Waals surface area contributed by atoms with Crippen molar-refractivity contribution in [2.75, 3.05) is 20.1 Å². The van der Waals surface area contributed by atoms with E-state index in [4.69, 9.17) is 5.10 Å². The fourth-order valence-corrected chi connectivity index (χ4v) is 4.06. The molecule has 1 aromatic heterocycles. The van der Waals surface area contributed by atoms with Crippen LogP contribution in [0.5, 0.6) is 0 Å². The second-order valence-corrected chi connectivity index (χ2v) is 7.00. The number of hydrogen-bond donors (Lipinski definition) is 1. The van der Waals surface area contributed by atoms with Crippen LogP contribution in [-0.4, -0.2) is 40.9 Å². The molecule has 24 heavy (non-hydrogen) atoms. The Hall–Kier alpha value is -1.72. The largest absolute Gasteiger partial charge is 0.312 e. The minimum atomic E-state index is -0.200. The summed E-state index contributed by atoms with van der Waals surface area (Å²) < 4.78 is 15.4. The first kappa shape index (κ1) is 15.8. The van der Waals surface area contributed by atoms with Gasteiger partial charge < -0.3 is 10.2 Å². The lowest BCUT2D eigenvalue weighted by Crippen LogP contribution is -2.28. The minimum Gasteiger partial charge on any atom is -0.312 e. The lowest BCUT2D eigenvalue weighted by atomic mass is 10.0. The van der Waals surface area contributed by atoms with Crippen LogP contribution in [0.4, 0.5) is 4.39 Å². The van der Waals surface area contributed by atoms with Crippen LogP contribution in [0, 0.1) is 5.82 Å². The Bertz CT molecular complexity index is 707. The Balaban J connectivity index is 1.61. The average molecular weight is 328 g/mol. The van der Waals surface area contributed by atoms with Crippen molar-refractivity contribution in [1.82, 2.24) is 20.0 Å². The van der Waals surface area contributed by atoms with Gasteiger partial charge in [-0.15, -0.1) is 0 Å². The number of halogens is 1. The first-order valence-corrected chi connectivity index (χ1v) is 8.98. The van der Waals surface area contributed by atoms with Crippen LogP contribution >= 0.6 is 0 Å². The summed E-state index contributed by atoms with van der Waals surface area (Å²) >= 11 is 0. The molecule has 2 aromatic rings. The third-order valence-corrected chi connectivity index (χ3v) is 5.47. The molecule has 5 heteroatoms. The van der Waals surface area contributed by atoms with Gasteiger partial charge in [-0.05, 0) is 57.1 Å². The molecule has 0 unspecified atom stereocenters. The molecule has 2 aliphatic heterocycles. The van der Waals surface area contributed by atoms with E-state index in [1.165, 1.54) is 42.8 Å². The van der Waals surface area contributed by atoms with Crippen molar-refractivity contribution in [2.24, 2.45) is 0 Å². The molecule has 0 radical (unpaired) electrons. The average Bonchev–Trinajstić information content (AvgIpc) is 3.17. The van der Waals surface area contributed by atoms with Gasteiger partial charge in [-0.3, -0.25) is 4.68 Å². The highest BCUT2D eigenvalue weighted by atomic mass is 19.1. The predicted molar refractivity (Wildman–Crippen MR) is 93.3 cm³/mol. The molecular formula is C19H25FN4. The van der Waals surface area contributed by atoms with Gasteiger partial charge in [-0.25, -0.2) is 4.39 Å². The summed E-state index contributed by atoms with van der Waals surface area (Å²) in [6.07, 6.45) is 4.78. The summed E-state index contributed by atoms with van der Waals surface area (Å²) in [5, 5.41) is 8.36. The van der Waals surface area contributed by atoms with Crippen molar-refractivity contribution in [2.45, 2.75) is 44.8 Å². The molecule has 1 atom stereocenters. The van der Waals surface area contributed by atoms with Crippen LogP contribution in [0.15, 0.2) is 24.3 Å². The Labute approximate surface area is 142 Å². The zero-order valence-electron chi connectivity index (χ0n) is 14.3. The molecule has 4 rings (SSSR count). The molecule has 0 spiro atoms. The summed E-state index contributed by atoms with van der Waals surface area (Å²) in [6.45, 7) is 4.04. The number of fused-ring (bicyclic) bond motifs is 1. The van der Waals surface area contributed by atoms with Crippen molar-refractivity contribution in [1.29, 1.82) is 0 Å². The summed E-state index contributed by atoms with van der Waals surface area (Å²) in [7, 11) is 2.23. The first-order valence-electron chi connectivity index (χ1n) is 8.98. The molecule has 1 fully saturated rings. The quantitative estimate of drug-likeness (QED) is 0.937. The molecule has 2 aliphatic rings. The normalized spacial score (nSPS) is 21.2. The molecule has 0 bridgehead atoms. The summed E-state index contributed by atoms with van der Waals surface area (Å²) in [4.78, 5) is 2.47. The Kier molecular flexibility index (Phi) is 4.37. The summed E-state index contributed by atoms with van der Waals surface area (Å²) in [5.74, 6) is -0.200. The molecule has 0 aliphatic carbocycles. The lowest BCUT2D eigenvalue weighted by molar-refractivity contribution is 0.281. The monoisotopic (exact) mass is 328 g/mol. The van der Waals surface area contributed by atoms with Crippen LogP contribution in [0.2, 0.25) is 0 Å². The van der Waals surface area contributed by atoms with E-state index in [1.807, 2.05) is 12.1 Å². The molecule has 1 saturated heterocycles. The number of aromatic nitrogens is 2. The first-order chi connectivity index (χ1) is 11.7. The van der Waals surface area contributed by atoms with E-state index in [1.54, 1.807) is 0 Å². The van der Waals surface area contributed by atoms with E-state index in [0.29, 0.717) is 6.04 Å². The number of nitrogens with one attached hydrogen (secondary N) is 1. The van der Waals surface area contributed by atoms with E-state index in [0.717, 1.165) is 43.7 Å². The molecule has 128 valence electrons. The van der Waals surface area contributed by atoms with E-state index < -0.39 is 0 Å². The van der Waals surface area contributed by atoms with Gasteiger partial charge in [0.05, 0.1) is 5.69 Å². The lowest BCUT2D eigenvalue weighted by Gasteiger charge is -2.20. The third-order valence-electron chi connectivity index (χ3n) is 5.47. The maximum absolute atomic E-state index is 13.2. The number of benzene rings is 1. The van der Waals surface area contributed by atoms with Gasteiger partial charge in [-0.1, -0.05) is 0 Å². The number of rotatable bonds is 4. The Morgan fingerprint density at radius 2 is 2.12 bits per heavy atom. The van der Waals surface area contributed by atoms with E-state index in [2.05, 4.69) is 21.9 Å². The second-order valence-electron chi connectivity index (χ2n) is 7.00. The van der Waals surface area contributed by atoms with Gasteiger partial charge in [0.1, 0.15) is 5.82 Å². The minimum absolute atomic E-state index is 0.200. The Morgan fingerprint density at radius 3 is 2.88 bits per heavy atom. The van der Waals surface area contributed by atoms with Gasteiger partial charge in [0, 0.05) is 48.9 Å². The highest BCUT2D eigenvalue weighted by molar-refractivity contribution is 5.64. The molecular weight excluding hydrogens is 303 g/mol. The molecule has 3 heterocycles. The summed E-state index contributed by atoms with van der Waals surface area (Å²) in [5.41, 5.74) is 4.66. The van der Waals surface area contributed by atoms with Gasteiger partial charge in [0.25, 0.3) is 0 Å². The maximum Gasteiger partial charge on any atom is 0.123 e. The summed E-state index contributed by atoms with van der Waals surface area (Å²) in [6, 6.07) is 7.39. The van der Waals surface area contributed by atoms with Gasteiger partial charge in [-0.2, -0.15) is 5.10 Å². The van der Waals surface area contributed by atoms with Gasteiger partial charge in [0.2, 0.25) is 0 Å². The fourth-order valence-electron chi connectivity index (χ4n) is 4.06. The SMILES string of the molecule is CN1CCC[C@@H]1CCn1nc(-c2ccc(F)cc2)c2c1CCNC2. The predicted octanol–water partition coefficient (Wildman–Crippen LogP) is 2.82. The van der Waals surface area contributed by atoms with E-state index >= 15 is 0 Å². The molecule has 1 N–H and O–H groups in total. The van der Waals surface area contributed by atoms with E-state index in [9.17, 15) is 4.39 Å². The molecule has 4 nitrogen and oxygen atoms in total. The second kappa shape index (κ2) is 6.65. The van der Waals surface area contributed by atoms with Crippen molar-refractivity contribution >= 4 is 0 Å². The number of nitrogens with zero attached hydrogens (tertiary/aromatic N) is 3. The highest BCUT2D eigenvalue weighted by Gasteiger charge is 2.24. The zero-order chi connectivity index (χ0) is 16.5. The van der Waals surface area contributed by atoms with Crippen LogP contribution in [0.25, 0.3) is 11.3 Å². The van der Waals surface area contributed by atoms with Crippen molar-refractivity contribution in [3.8, 4) is 11.3 Å². The zero-order valence-corrected chi connectivity index (χ0v) is 14.3. The molecule has 0 amide bonds. The smallest absolute Gasteiger partial charge is 0.123 e. The number of aryl methyl sites for hydroxylation is 1. The van der Waals surface area contributed by atoms with Gasteiger partial charge >= 0.3 is 0 Å². The van der Waals surface area contributed by atoms with Crippen molar-refractivity contribution < 1.29 is 4.39 Å². The molecule has 1 aromatic carbocycles. The molecule has 0 saturated carbocycles. The fraction of sp³-hybridized carbons (Fsp3) is 0.526. The van der Waals surface area contributed by atoms with Crippen LogP contribution in [0.1, 0.15) is 30.5 Å². The topological polar surface area (TPSA) is 33.1 Å².